The third-order valence-electron chi connectivity index (χ3n) is 1.91. The summed E-state index contributed by atoms with van der Waals surface area (Å²) in [5.74, 6) is 0.697. The largest absolute Gasteiger partial charge is 0.237 e. The molecule has 0 spiro atoms. The first-order chi connectivity index (χ1) is 6.77. The molecule has 0 amide bonds. The highest BCUT2D eigenvalue weighted by molar-refractivity contribution is 5.57. The van der Waals surface area contributed by atoms with Gasteiger partial charge in [-0.05, 0) is 26.0 Å². The summed E-state index contributed by atoms with van der Waals surface area (Å²) in [4.78, 5) is 8.34. The Balaban J connectivity index is 2.57. The second kappa shape index (κ2) is 3.49. The lowest BCUT2D eigenvalue weighted by Gasteiger charge is -2.02. The summed E-state index contributed by atoms with van der Waals surface area (Å²) in [7, 11) is 0. The fourth-order valence-electron chi connectivity index (χ4n) is 1.21. The molecule has 0 aromatic carbocycles. The normalized spacial score (nSPS) is 10.1. The highest BCUT2D eigenvalue weighted by Crippen LogP contribution is 2.16. The molecule has 0 bridgehead atoms. The SMILES string of the molecule is Cc1cc(-c2ncccn2)c(C)nn1. The summed E-state index contributed by atoms with van der Waals surface area (Å²) in [6, 6.07) is 3.73. The molecule has 0 atom stereocenters. The lowest BCUT2D eigenvalue weighted by molar-refractivity contribution is 0.937. The van der Waals surface area contributed by atoms with Crippen molar-refractivity contribution in [3.05, 3.63) is 35.9 Å². The van der Waals surface area contributed by atoms with Gasteiger partial charge in [0.25, 0.3) is 0 Å². The van der Waals surface area contributed by atoms with E-state index in [-0.39, 0.29) is 0 Å². The summed E-state index contributed by atoms with van der Waals surface area (Å²) < 4.78 is 0. The molecule has 4 heteroatoms. The molecule has 4 nitrogen and oxygen atoms in total. The minimum atomic E-state index is 0.697. The zero-order valence-corrected chi connectivity index (χ0v) is 8.10. The molecule has 2 rings (SSSR count). The van der Waals surface area contributed by atoms with E-state index in [1.807, 2.05) is 19.9 Å². The molecule has 2 aromatic rings. The van der Waals surface area contributed by atoms with E-state index in [2.05, 4.69) is 20.2 Å². The molecule has 14 heavy (non-hydrogen) atoms. The quantitative estimate of drug-likeness (QED) is 0.678. The third-order valence-corrected chi connectivity index (χ3v) is 1.91. The molecule has 2 aromatic heterocycles. The number of hydrogen-bond donors (Lipinski definition) is 0. The summed E-state index contributed by atoms with van der Waals surface area (Å²) in [6.45, 7) is 3.80. The second-order valence-electron chi connectivity index (χ2n) is 3.06. The van der Waals surface area contributed by atoms with Crippen LogP contribution in [0.2, 0.25) is 0 Å². The van der Waals surface area contributed by atoms with Crippen LogP contribution in [0.1, 0.15) is 11.4 Å². The van der Waals surface area contributed by atoms with Gasteiger partial charge in [0, 0.05) is 18.0 Å². The van der Waals surface area contributed by atoms with Crippen LogP contribution in [0.15, 0.2) is 24.5 Å². The first-order valence-corrected chi connectivity index (χ1v) is 4.35. The molecule has 0 aliphatic heterocycles. The van der Waals surface area contributed by atoms with E-state index >= 15 is 0 Å². The van der Waals surface area contributed by atoms with Crippen LogP contribution >= 0.6 is 0 Å². The van der Waals surface area contributed by atoms with Crippen molar-refractivity contribution in [1.29, 1.82) is 0 Å². The average Bonchev–Trinajstić information content (AvgIpc) is 2.23. The van der Waals surface area contributed by atoms with Gasteiger partial charge in [-0.2, -0.15) is 10.2 Å². The van der Waals surface area contributed by atoms with Crippen LogP contribution in [0.4, 0.5) is 0 Å². The Kier molecular flexibility index (Phi) is 2.18. The van der Waals surface area contributed by atoms with Crippen molar-refractivity contribution >= 4 is 0 Å². The van der Waals surface area contributed by atoms with Crippen LogP contribution in [-0.4, -0.2) is 20.2 Å². The van der Waals surface area contributed by atoms with Gasteiger partial charge in [0.1, 0.15) is 0 Å². The van der Waals surface area contributed by atoms with Crippen LogP contribution in [0.3, 0.4) is 0 Å². The maximum Gasteiger partial charge on any atom is 0.161 e. The van der Waals surface area contributed by atoms with E-state index in [1.54, 1.807) is 18.5 Å². The number of nitrogens with zero attached hydrogens (tertiary/aromatic N) is 4. The highest BCUT2D eigenvalue weighted by Gasteiger charge is 2.05. The van der Waals surface area contributed by atoms with Crippen molar-refractivity contribution in [3.8, 4) is 11.4 Å². The Bertz CT molecular complexity index is 439. The van der Waals surface area contributed by atoms with Gasteiger partial charge in [0.05, 0.1) is 11.4 Å². The molecular weight excluding hydrogens is 176 g/mol. The number of aryl methyl sites for hydroxylation is 2. The lowest BCUT2D eigenvalue weighted by Crippen LogP contribution is -1.96. The van der Waals surface area contributed by atoms with Gasteiger partial charge in [-0.3, -0.25) is 0 Å². The van der Waals surface area contributed by atoms with Crippen LogP contribution in [0.25, 0.3) is 11.4 Å². The molecule has 0 radical (unpaired) electrons. The maximum atomic E-state index is 4.17. The molecule has 0 unspecified atom stereocenters. The van der Waals surface area contributed by atoms with Gasteiger partial charge in [0.15, 0.2) is 5.82 Å². The standard InChI is InChI=1S/C10H10N4/c1-7-6-9(8(2)14-13-7)10-11-4-3-5-12-10/h3-6H,1-2H3. The summed E-state index contributed by atoms with van der Waals surface area (Å²) in [6.07, 6.45) is 3.44. The van der Waals surface area contributed by atoms with E-state index in [0.29, 0.717) is 5.82 Å². The maximum absolute atomic E-state index is 4.17. The average molecular weight is 186 g/mol. The number of hydrogen-bond acceptors (Lipinski definition) is 4. The first kappa shape index (κ1) is 8.74. The fourth-order valence-corrected chi connectivity index (χ4v) is 1.21. The van der Waals surface area contributed by atoms with Crippen molar-refractivity contribution in [2.75, 3.05) is 0 Å². The molecule has 0 saturated heterocycles. The van der Waals surface area contributed by atoms with Crippen molar-refractivity contribution in [3.63, 3.8) is 0 Å². The van der Waals surface area contributed by atoms with Crippen LogP contribution in [0, 0.1) is 13.8 Å². The van der Waals surface area contributed by atoms with Crippen molar-refractivity contribution in [2.24, 2.45) is 0 Å². The third kappa shape index (κ3) is 1.59. The number of rotatable bonds is 1. The Hall–Kier alpha value is -1.84. The molecular formula is C10H10N4. The fraction of sp³-hybridized carbons (Fsp3) is 0.200. The molecule has 2 heterocycles. The Morgan fingerprint density at radius 3 is 2.43 bits per heavy atom. The van der Waals surface area contributed by atoms with Crippen LogP contribution in [0.5, 0.6) is 0 Å². The molecule has 0 fully saturated rings. The van der Waals surface area contributed by atoms with E-state index in [9.17, 15) is 0 Å². The highest BCUT2D eigenvalue weighted by atomic mass is 15.1. The topological polar surface area (TPSA) is 51.6 Å². The zero-order valence-electron chi connectivity index (χ0n) is 8.10. The summed E-state index contributed by atoms with van der Waals surface area (Å²) >= 11 is 0. The Labute approximate surface area is 82.1 Å². The van der Waals surface area contributed by atoms with Crippen molar-refractivity contribution in [2.45, 2.75) is 13.8 Å². The van der Waals surface area contributed by atoms with Crippen molar-refractivity contribution < 1.29 is 0 Å². The van der Waals surface area contributed by atoms with E-state index in [0.717, 1.165) is 17.0 Å². The van der Waals surface area contributed by atoms with Gasteiger partial charge in [0.2, 0.25) is 0 Å². The minimum absolute atomic E-state index is 0.697. The van der Waals surface area contributed by atoms with Gasteiger partial charge in [-0.1, -0.05) is 0 Å². The van der Waals surface area contributed by atoms with Crippen LogP contribution in [-0.2, 0) is 0 Å². The van der Waals surface area contributed by atoms with Crippen LogP contribution < -0.4 is 0 Å². The Morgan fingerprint density at radius 1 is 1.00 bits per heavy atom. The van der Waals surface area contributed by atoms with E-state index < -0.39 is 0 Å². The predicted molar refractivity (Wildman–Crippen MR) is 52.5 cm³/mol. The van der Waals surface area contributed by atoms with Crippen molar-refractivity contribution in [1.82, 2.24) is 20.2 Å². The Morgan fingerprint density at radius 2 is 1.71 bits per heavy atom. The first-order valence-electron chi connectivity index (χ1n) is 4.35. The van der Waals surface area contributed by atoms with Gasteiger partial charge < -0.3 is 0 Å². The monoisotopic (exact) mass is 186 g/mol. The van der Waals surface area contributed by atoms with E-state index in [4.69, 9.17) is 0 Å². The zero-order chi connectivity index (χ0) is 9.97. The molecule has 0 saturated carbocycles. The smallest absolute Gasteiger partial charge is 0.161 e. The van der Waals surface area contributed by atoms with E-state index in [1.165, 1.54) is 0 Å². The predicted octanol–water partition coefficient (Wildman–Crippen LogP) is 1.55. The molecule has 70 valence electrons. The molecule has 0 aliphatic rings. The van der Waals surface area contributed by atoms with Gasteiger partial charge >= 0.3 is 0 Å². The number of aromatic nitrogens is 4. The lowest BCUT2D eigenvalue weighted by atomic mass is 10.2. The summed E-state index contributed by atoms with van der Waals surface area (Å²) in [5.41, 5.74) is 2.66. The molecule has 0 aliphatic carbocycles. The molecule has 0 N–H and O–H groups in total. The second-order valence-corrected chi connectivity index (χ2v) is 3.06. The summed E-state index contributed by atoms with van der Waals surface area (Å²) in [5, 5.41) is 7.98. The minimum Gasteiger partial charge on any atom is -0.237 e. The van der Waals surface area contributed by atoms with Gasteiger partial charge in [-0.25, -0.2) is 9.97 Å². The van der Waals surface area contributed by atoms with Gasteiger partial charge in [-0.15, -0.1) is 0 Å².